The summed E-state index contributed by atoms with van der Waals surface area (Å²) < 4.78 is 3.86. The molecule has 4 amide bonds. The second-order valence-corrected chi connectivity index (χ2v) is 11.3. The molecule has 0 fully saturated rings. The van der Waals surface area contributed by atoms with Gasteiger partial charge in [-0.15, -0.1) is 0 Å². The molecule has 0 aliphatic carbocycles. The number of carbonyl (C=O) groups is 5. The van der Waals surface area contributed by atoms with Crippen LogP contribution in [0.3, 0.4) is 0 Å². The van der Waals surface area contributed by atoms with Gasteiger partial charge < -0.3 is 31.1 Å². The van der Waals surface area contributed by atoms with Crippen molar-refractivity contribution >= 4 is 45.5 Å². The van der Waals surface area contributed by atoms with Crippen molar-refractivity contribution in [2.24, 2.45) is 5.92 Å². The van der Waals surface area contributed by atoms with Gasteiger partial charge in [0.15, 0.2) is 0 Å². The summed E-state index contributed by atoms with van der Waals surface area (Å²) in [4.78, 5) is 62.3. The lowest BCUT2D eigenvalue weighted by Crippen LogP contribution is -2.56. The molecular weight excluding hydrogens is 548 g/mol. The second-order valence-electron chi connectivity index (χ2n) is 9.32. The third-order valence-electron chi connectivity index (χ3n) is 4.99. The first-order chi connectivity index (χ1) is 17.3. The summed E-state index contributed by atoms with van der Waals surface area (Å²) in [5.74, 6) is -2.83. The Labute approximate surface area is 225 Å². The molecule has 0 saturated carbocycles. The summed E-state index contributed by atoms with van der Waals surface area (Å²) in [7, 11) is 0. The van der Waals surface area contributed by atoms with E-state index in [1.165, 1.54) is 0 Å². The van der Waals surface area contributed by atoms with E-state index in [1.54, 1.807) is 38.1 Å². The zero-order chi connectivity index (χ0) is 28.0. The molecule has 12 heteroatoms. The van der Waals surface area contributed by atoms with E-state index in [9.17, 15) is 24.0 Å². The Morgan fingerprint density at radius 2 is 1.59 bits per heavy atom. The van der Waals surface area contributed by atoms with Crippen LogP contribution in [0.25, 0.3) is 0 Å². The highest BCUT2D eigenvalue weighted by atomic mass is 79.9. The number of halogens is 1. The molecule has 1 aromatic carbocycles. The van der Waals surface area contributed by atoms with Crippen molar-refractivity contribution in [3.63, 3.8) is 0 Å². The van der Waals surface area contributed by atoms with Crippen molar-refractivity contribution in [2.45, 2.75) is 56.9 Å². The molecule has 2 atom stereocenters. The lowest BCUT2D eigenvalue weighted by atomic mass is 10.0. The fourth-order valence-electron chi connectivity index (χ4n) is 3.14. The van der Waals surface area contributed by atoms with Gasteiger partial charge in [0.1, 0.15) is 25.2 Å². The number of ether oxygens (including phenoxy) is 1. The molecule has 0 unspecified atom stereocenters. The first-order valence-corrected chi connectivity index (χ1v) is 12.8. The highest BCUT2D eigenvalue weighted by Gasteiger charge is 2.29. The standard InChI is InChI=1S/C25H37BrN4O7/c1-16(2)12-18(22(34)27-15-21(33)37-11-10-31)30-23(35)19(13-17-8-6-5-7-9-17)29-20(32)14-28-24(36)25(3,4)26/h5-9,16,18-19,31H,10-15H2,1-4H3,(H,27,34)(H,28,36)(H,29,32)(H,30,35)/t18-,19-/m0/s1. The van der Waals surface area contributed by atoms with E-state index in [4.69, 9.17) is 9.84 Å². The van der Waals surface area contributed by atoms with Crippen molar-refractivity contribution in [1.29, 1.82) is 0 Å². The van der Waals surface area contributed by atoms with Crippen LogP contribution in [-0.2, 0) is 35.1 Å². The molecule has 0 radical (unpaired) electrons. The molecule has 37 heavy (non-hydrogen) atoms. The molecule has 206 valence electrons. The van der Waals surface area contributed by atoms with Crippen molar-refractivity contribution < 1.29 is 33.8 Å². The maximum atomic E-state index is 13.2. The number of esters is 1. The van der Waals surface area contributed by atoms with Crippen LogP contribution in [0, 0.1) is 5.92 Å². The van der Waals surface area contributed by atoms with Crippen LogP contribution in [0.5, 0.6) is 0 Å². The maximum Gasteiger partial charge on any atom is 0.325 e. The number of hydrogen-bond acceptors (Lipinski definition) is 7. The molecule has 1 rings (SSSR count). The Balaban J connectivity index is 2.94. The fraction of sp³-hybridized carbons (Fsp3) is 0.560. The summed E-state index contributed by atoms with van der Waals surface area (Å²) in [6.07, 6.45) is 0.436. The minimum absolute atomic E-state index is 0.0300. The van der Waals surface area contributed by atoms with Crippen LogP contribution in [-0.4, -0.2) is 77.4 Å². The Kier molecular flexibility index (Phi) is 13.8. The average Bonchev–Trinajstić information content (AvgIpc) is 2.83. The van der Waals surface area contributed by atoms with E-state index in [0.717, 1.165) is 5.56 Å². The number of aliphatic hydroxyl groups excluding tert-OH is 1. The van der Waals surface area contributed by atoms with Crippen molar-refractivity contribution in [1.82, 2.24) is 21.3 Å². The molecule has 0 saturated heterocycles. The van der Waals surface area contributed by atoms with E-state index >= 15 is 0 Å². The van der Waals surface area contributed by atoms with Gasteiger partial charge in [-0.2, -0.15) is 0 Å². The largest absolute Gasteiger partial charge is 0.462 e. The predicted molar refractivity (Wildman–Crippen MR) is 141 cm³/mol. The lowest BCUT2D eigenvalue weighted by molar-refractivity contribution is -0.145. The Morgan fingerprint density at radius 1 is 0.946 bits per heavy atom. The van der Waals surface area contributed by atoms with E-state index in [2.05, 4.69) is 37.2 Å². The van der Waals surface area contributed by atoms with E-state index in [0.29, 0.717) is 0 Å². The molecule has 0 aliphatic heterocycles. The Morgan fingerprint density at radius 3 is 2.16 bits per heavy atom. The van der Waals surface area contributed by atoms with Crippen LogP contribution >= 0.6 is 15.9 Å². The Hall–Kier alpha value is -2.99. The molecule has 0 aromatic heterocycles. The quantitative estimate of drug-likeness (QED) is 0.145. The normalized spacial score (nSPS) is 12.7. The molecular formula is C25H37BrN4O7. The summed E-state index contributed by atoms with van der Waals surface area (Å²) >= 11 is 3.22. The van der Waals surface area contributed by atoms with Crippen LogP contribution in [0.15, 0.2) is 30.3 Å². The highest BCUT2D eigenvalue weighted by Crippen LogP contribution is 2.15. The van der Waals surface area contributed by atoms with Crippen LogP contribution in [0.4, 0.5) is 0 Å². The summed E-state index contributed by atoms with van der Waals surface area (Å²) in [6.45, 7) is 5.75. The molecule has 5 N–H and O–H groups in total. The number of nitrogens with one attached hydrogen (secondary N) is 4. The SMILES string of the molecule is CC(C)C[C@H](NC(=O)[C@H](Cc1ccccc1)NC(=O)CNC(=O)C(C)(C)Br)C(=O)NCC(=O)OCCO. The average molecular weight is 585 g/mol. The van der Waals surface area contributed by atoms with Gasteiger partial charge in [0.05, 0.1) is 17.5 Å². The van der Waals surface area contributed by atoms with Gasteiger partial charge in [0.25, 0.3) is 0 Å². The summed E-state index contributed by atoms with van der Waals surface area (Å²) in [6, 6.07) is 7.03. The summed E-state index contributed by atoms with van der Waals surface area (Å²) in [5, 5.41) is 19.0. The number of aliphatic hydroxyl groups is 1. The number of hydrogen-bond donors (Lipinski definition) is 5. The highest BCUT2D eigenvalue weighted by molar-refractivity contribution is 9.10. The van der Waals surface area contributed by atoms with Gasteiger partial charge in [0.2, 0.25) is 23.6 Å². The van der Waals surface area contributed by atoms with Crippen LogP contribution in [0.2, 0.25) is 0 Å². The predicted octanol–water partition coefficient (Wildman–Crippen LogP) is 0.186. The third-order valence-corrected chi connectivity index (χ3v) is 5.35. The first kappa shape index (κ1) is 32.0. The van der Waals surface area contributed by atoms with Crippen LogP contribution < -0.4 is 21.3 Å². The number of carbonyl (C=O) groups excluding carboxylic acids is 5. The molecule has 0 bridgehead atoms. The number of amides is 4. The minimum atomic E-state index is -1.03. The summed E-state index contributed by atoms with van der Waals surface area (Å²) in [5.41, 5.74) is 0.782. The monoisotopic (exact) mass is 584 g/mol. The lowest BCUT2D eigenvalue weighted by Gasteiger charge is -2.24. The molecule has 0 spiro atoms. The minimum Gasteiger partial charge on any atom is -0.462 e. The fourth-order valence-corrected chi connectivity index (χ4v) is 3.28. The van der Waals surface area contributed by atoms with Crippen molar-refractivity contribution in [3.05, 3.63) is 35.9 Å². The van der Waals surface area contributed by atoms with E-state index < -0.39 is 52.6 Å². The maximum absolute atomic E-state index is 13.2. The topological polar surface area (TPSA) is 163 Å². The van der Waals surface area contributed by atoms with Crippen LogP contribution in [0.1, 0.15) is 39.7 Å². The molecule has 0 heterocycles. The zero-order valence-electron chi connectivity index (χ0n) is 21.6. The first-order valence-electron chi connectivity index (χ1n) is 12.0. The zero-order valence-corrected chi connectivity index (χ0v) is 23.2. The Bertz CT molecular complexity index is 919. The smallest absolute Gasteiger partial charge is 0.325 e. The van der Waals surface area contributed by atoms with Gasteiger partial charge in [-0.3, -0.25) is 24.0 Å². The van der Waals surface area contributed by atoms with Crippen molar-refractivity contribution in [2.75, 3.05) is 26.3 Å². The van der Waals surface area contributed by atoms with Gasteiger partial charge in [0, 0.05) is 6.42 Å². The van der Waals surface area contributed by atoms with Gasteiger partial charge in [-0.25, -0.2) is 0 Å². The second kappa shape index (κ2) is 16.0. The third kappa shape index (κ3) is 13.2. The van der Waals surface area contributed by atoms with Crippen molar-refractivity contribution in [3.8, 4) is 0 Å². The molecule has 1 aromatic rings. The van der Waals surface area contributed by atoms with E-state index in [-0.39, 0.29) is 38.5 Å². The van der Waals surface area contributed by atoms with Gasteiger partial charge >= 0.3 is 5.97 Å². The van der Waals surface area contributed by atoms with Gasteiger partial charge in [-0.1, -0.05) is 60.1 Å². The number of alkyl halides is 1. The van der Waals surface area contributed by atoms with Gasteiger partial charge in [-0.05, 0) is 31.7 Å². The molecule has 0 aliphatic rings. The number of rotatable bonds is 15. The molecule has 11 nitrogen and oxygen atoms in total. The number of benzene rings is 1. The van der Waals surface area contributed by atoms with E-state index in [1.807, 2.05) is 19.9 Å².